The summed E-state index contributed by atoms with van der Waals surface area (Å²) in [6, 6.07) is 11.5. The lowest BCUT2D eigenvalue weighted by atomic mass is 10.2. The standard InChI is InChI=1S/C18H15N3O2S3/c1-10-3-5-11(6-4-10)23-9-14(22)21-17-19-12-7-8-13-16(15(12)25-17)26-18(20-13)24-2/h3-8H,9H2,1-2H3,(H,19,21,22). The number of fused-ring (bicyclic) bond motifs is 3. The van der Waals surface area contributed by atoms with Crippen molar-refractivity contribution in [3.63, 3.8) is 0 Å². The van der Waals surface area contributed by atoms with Crippen molar-refractivity contribution in [1.29, 1.82) is 0 Å². The van der Waals surface area contributed by atoms with Gasteiger partial charge in [-0.05, 0) is 37.4 Å². The van der Waals surface area contributed by atoms with E-state index in [1.165, 1.54) is 11.3 Å². The van der Waals surface area contributed by atoms with Crippen molar-refractivity contribution in [3.05, 3.63) is 42.0 Å². The predicted molar refractivity (Wildman–Crippen MR) is 110 cm³/mol. The first-order valence-corrected chi connectivity index (χ1v) is 10.7. The van der Waals surface area contributed by atoms with Gasteiger partial charge in [-0.15, -0.1) is 11.3 Å². The molecule has 0 saturated heterocycles. The summed E-state index contributed by atoms with van der Waals surface area (Å²) in [6.45, 7) is 1.96. The molecule has 0 fully saturated rings. The summed E-state index contributed by atoms with van der Waals surface area (Å²) < 4.78 is 8.70. The van der Waals surface area contributed by atoms with E-state index in [0.717, 1.165) is 30.3 Å². The van der Waals surface area contributed by atoms with E-state index in [2.05, 4.69) is 15.3 Å². The predicted octanol–water partition coefficient (Wildman–Crippen LogP) is 4.95. The normalized spacial score (nSPS) is 11.2. The van der Waals surface area contributed by atoms with Gasteiger partial charge in [-0.25, -0.2) is 9.97 Å². The Bertz CT molecular complexity index is 1090. The van der Waals surface area contributed by atoms with Gasteiger partial charge in [0.1, 0.15) is 5.75 Å². The Labute approximate surface area is 162 Å². The maximum Gasteiger partial charge on any atom is 0.264 e. The van der Waals surface area contributed by atoms with Gasteiger partial charge in [-0.3, -0.25) is 10.1 Å². The number of nitrogens with one attached hydrogen (secondary N) is 1. The number of ether oxygens (including phenoxy) is 1. The number of carbonyl (C=O) groups excluding carboxylic acids is 1. The number of anilines is 1. The number of aromatic nitrogens is 2. The molecular formula is C18H15N3O2S3. The molecule has 0 saturated carbocycles. The molecule has 4 aromatic rings. The molecule has 4 rings (SSSR count). The van der Waals surface area contributed by atoms with Gasteiger partial charge in [-0.1, -0.05) is 40.8 Å². The molecule has 0 unspecified atom stereocenters. The number of thioether (sulfide) groups is 1. The van der Waals surface area contributed by atoms with Gasteiger partial charge in [-0.2, -0.15) is 0 Å². The molecule has 0 aliphatic carbocycles. The van der Waals surface area contributed by atoms with Gasteiger partial charge in [0.15, 0.2) is 16.1 Å². The Morgan fingerprint density at radius 3 is 2.50 bits per heavy atom. The lowest BCUT2D eigenvalue weighted by Crippen LogP contribution is -2.19. The molecule has 132 valence electrons. The molecule has 0 aliphatic rings. The number of carbonyl (C=O) groups is 1. The Morgan fingerprint density at radius 1 is 1.08 bits per heavy atom. The minimum Gasteiger partial charge on any atom is -0.484 e. The second-order valence-electron chi connectivity index (χ2n) is 5.61. The molecule has 2 aromatic heterocycles. The fraction of sp³-hybridized carbons (Fsp3) is 0.167. The average molecular weight is 402 g/mol. The van der Waals surface area contributed by atoms with E-state index in [1.807, 2.05) is 49.6 Å². The number of thiazole rings is 2. The van der Waals surface area contributed by atoms with E-state index in [0.29, 0.717) is 10.9 Å². The lowest BCUT2D eigenvalue weighted by molar-refractivity contribution is -0.118. The number of hydrogen-bond donors (Lipinski definition) is 1. The summed E-state index contributed by atoms with van der Waals surface area (Å²) in [5.74, 6) is 0.445. The zero-order chi connectivity index (χ0) is 18.1. The van der Waals surface area contributed by atoms with Crippen LogP contribution in [-0.2, 0) is 4.79 Å². The van der Waals surface area contributed by atoms with Gasteiger partial charge < -0.3 is 4.74 Å². The molecule has 8 heteroatoms. The van der Waals surface area contributed by atoms with Crippen LogP contribution in [0, 0.1) is 6.92 Å². The van der Waals surface area contributed by atoms with Crippen molar-refractivity contribution in [2.75, 3.05) is 18.2 Å². The van der Waals surface area contributed by atoms with Gasteiger partial charge in [0.2, 0.25) is 0 Å². The molecule has 0 atom stereocenters. The van der Waals surface area contributed by atoms with E-state index in [-0.39, 0.29) is 12.5 Å². The van der Waals surface area contributed by atoms with Crippen LogP contribution in [0.4, 0.5) is 5.13 Å². The average Bonchev–Trinajstić information content (AvgIpc) is 3.23. The van der Waals surface area contributed by atoms with E-state index < -0.39 is 0 Å². The van der Waals surface area contributed by atoms with Crippen LogP contribution in [0.2, 0.25) is 0 Å². The molecular weight excluding hydrogens is 386 g/mol. The number of rotatable bonds is 5. The largest absolute Gasteiger partial charge is 0.484 e. The molecule has 2 heterocycles. The fourth-order valence-electron chi connectivity index (χ4n) is 2.43. The summed E-state index contributed by atoms with van der Waals surface area (Å²) in [4.78, 5) is 21.2. The van der Waals surface area contributed by atoms with Crippen molar-refractivity contribution < 1.29 is 9.53 Å². The zero-order valence-corrected chi connectivity index (χ0v) is 16.6. The van der Waals surface area contributed by atoms with Gasteiger partial charge in [0.25, 0.3) is 5.91 Å². The van der Waals surface area contributed by atoms with E-state index in [9.17, 15) is 4.79 Å². The Kier molecular flexibility index (Phi) is 4.80. The van der Waals surface area contributed by atoms with Crippen molar-refractivity contribution in [2.45, 2.75) is 11.3 Å². The fourth-order valence-corrected chi connectivity index (χ4v) is 5.11. The van der Waals surface area contributed by atoms with Crippen LogP contribution >= 0.6 is 34.4 Å². The molecule has 0 spiro atoms. The third-order valence-corrected chi connectivity index (χ3v) is 6.91. The van der Waals surface area contributed by atoms with Gasteiger partial charge in [0, 0.05) is 0 Å². The summed E-state index contributed by atoms with van der Waals surface area (Å²) in [5, 5.41) is 3.39. The molecule has 0 radical (unpaired) electrons. The Balaban J connectivity index is 1.49. The number of benzene rings is 2. The van der Waals surface area contributed by atoms with Crippen molar-refractivity contribution in [1.82, 2.24) is 9.97 Å². The second-order valence-corrected chi connectivity index (χ2v) is 8.67. The van der Waals surface area contributed by atoms with Crippen molar-refractivity contribution in [2.24, 2.45) is 0 Å². The third-order valence-electron chi connectivity index (χ3n) is 3.70. The SMILES string of the molecule is CSc1nc2ccc3nc(NC(=O)COc4ccc(C)cc4)sc3c2s1. The molecule has 2 aromatic carbocycles. The van der Waals surface area contributed by atoms with E-state index in [4.69, 9.17) is 4.74 Å². The first kappa shape index (κ1) is 17.3. The van der Waals surface area contributed by atoms with Crippen molar-refractivity contribution >= 4 is 65.9 Å². The summed E-state index contributed by atoms with van der Waals surface area (Å²) in [5.41, 5.74) is 2.99. The first-order valence-electron chi connectivity index (χ1n) is 7.86. The third kappa shape index (κ3) is 3.53. The number of amides is 1. The topological polar surface area (TPSA) is 64.1 Å². The molecule has 1 N–H and O–H groups in total. The quantitative estimate of drug-likeness (QED) is 0.479. The van der Waals surface area contributed by atoms with Crippen molar-refractivity contribution in [3.8, 4) is 5.75 Å². The monoisotopic (exact) mass is 401 g/mol. The maximum absolute atomic E-state index is 12.2. The highest BCUT2D eigenvalue weighted by molar-refractivity contribution is 8.00. The van der Waals surface area contributed by atoms with Crippen LogP contribution in [0.15, 0.2) is 40.7 Å². The maximum atomic E-state index is 12.2. The molecule has 26 heavy (non-hydrogen) atoms. The number of aryl methyl sites for hydroxylation is 1. The van der Waals surface area contributed by atoms with Crippen LogP contribution in [0.1, 0.15) is 5.56 Å². The molecule has 0 bridgehead atoms. The second kappa shape index (κ2) is 7.22. The highest BCUT2D eigenvalue weighted by Gasteiger charge is 2.13. The highest BCUT2D eigenvalue weighted by Crippen LogP contribution is 2.37. The summed E-state index contributed by atoms with van der Waals surface area (Å²) >= 11 is 4.75. The van der Waals surface area contributed by atoms with Crippen LogP contribution in [0.25, 0.3) is 20.4 Å². The molecule has 5 nitrogen and oxygen atoms in total. The number of hydrogen-bond acceptors (Lipinski definition) is 7. The van der Waals surface area contributed by atoms with Gasteiger partial charge >= 0.3 is 0 Å². The van der Waals surface area contributed by atoms with Crippen LogP contribution in [0.3, 0.4) is 0 Å². The van der Waals surface area contributed by atoms with Crippen LogP contribution in [-0.4, -0.2) is 28.7 Å². The lowest BCUT2D eigenvalue weighted by Gasteiger charge is -2.05. The Morgan fingerprint density at radius 2 is 1.77 bits per heavy atom. The molecule has 1 amide bonds. The highest BCUT2D eigenvalue weighted by atomic mass is 32.2. The summed E-state index contributed by atoms with van der Waals surface area (Å²) in [7, 11) is 0. The van der Waals surface area contributed by atoms with Gasteiger partial charge in [0.05, 0.1) is 20.4 Å². The smallest absolute Gasteiger partial charge is 0.264 e. The number of nitrogens with zero attached hydrogens (tertiary/aromatic N) is 2. The van der Waals surface area contributed by atoms with Crippen LogP contribution < -0.4 is 10.1 Å². The van der Waals surface area contributed by atoms with E-state index in [1.54, 1.807) is 23.1 Å². The first-order chi connectivity index (χ1) is 12.6. The Hall–Kier alpha value is -2.16. The minimum atomic E-state index is -0.227. The minimum absolute atomic E-state index is 0.0500. The van der Waals surface area contributed by atoms with E-state index >= 15 is 0 Å². The summed E-state index contributed by atoms with van der Waals surface area (Å²) in [6.07, 6.45) is 2.02. The zero-order valence-electron chi connectivity index (χ0n) is 14.1. The molecule has 0 aliphatic heterocycles. The van der Waals surface area contributed by atoms with Crippen LogP contribution in [0.5, 0.6) is 5.75 Å².